The molecule has 1 fully saturated rings. The van der Waals surface area contributed by atoms with Crippen molar-refractivity contribution in [3.05, 3.63) is 12.7 Å². The molecule has 0 radical (unpaired) electrons. The van der Waals surface area contributed by atoms with Gasteiger partial charge in [-0.05, 0) is 34.6 Å². The molecule has 1 rings (SSSR count). The predicted octanol–water partition coefficient (Wildman–Crippen LogP) is 2.50. The predicted molar refractivity (Wildman–Crippen MR) is 73.7 cm³/mol. The van der Waals surface area contributed by atoms with Crippen LogP contribution in [0.3, 0.4) is 0 Å². The Labute approximate surface area is 111 Å². The quantitative estimate of drug-likeness (QED) is 0.710. The normalized spacial score (nSPS) is 18.6. The van der Waals surface area contributed by atoms with Gasteiger partial charge in [0.1, 0.15) is 5.60 Å². The minimum absolute atomic E-state index is 0.0139. The van der Waals surface area contributed by atoms with Crippen molar-refractivity contribution in [1.29, 1.82) is 0 Å². The summed E-state index contributed by atoms with van der Waals surface area (Å²) in [5.41, 5.74) is -0.436. The summed E-state index contributed by atoms with van der Waals surface area (Å²) in [4.78, 5) is 16.0. The number of carbonyl (C=O) groups excluding carboxylic acids is 1. The van der Waals surface area contributed by atoms with E-state index in [1.807, 2.05) is 26.8 Å². The van der Waals surface area contributed by atoms with Gasteiger partial charge in [-0.15, -0.1) is 6.58 Å². The molecule has 4 heteroatoms. The first-order chi connectivity index (χ1) is 8.15. The van der Waals surface area contributed by atoms with Crippen LogP contribution in [0.4, 0.5) is 4.79 Å². The Hall–Kier alpha value is -1.03. The molecule has 1 heterocycles. The lowest BCUT2D eigenvalue weighted by Gasteiger charge is -2.42. The number of piperazine rings is 1. The Morgan fingerprint density at radius 2 is 1.61 bits per heavy atom. The third-order valence-corrected chi connectivity index (χ3v) is 3.25. The molecule has 0 atom stereocenters. The van der Waals surface area contributed by atoms with Gasteiger partial charge in [0.15, 0.2) is 0 Å². The number of nitrogens with zero attached hydrogens (tertiary/aromatic N) is 2. The van der Waals surface area contributed by atoms with Gasteiger partial charge in [-0.3, -0.25) is 4.90 Å². The zero-order valence-electron chi connectivity index (χ0n) is 12.3. The van der Waals surface area contributed by atoms with Crippen LogP contribution in [-0.4, -0.2) is 53.2 Å². The van der Waals surface area contributed by atoms with Crippen molar-refractivity contribution in [2.45, 2.75) is 45.8 Å². The number of amides is 1. The molecule has 0 N–H and O–H groups in total. The first-order valence-corrected chi connectivity index (χ1v) is 6.52. The summed E-state index contributed by atoms with van der Waals surface area (Å²) in [5.74, 6) is 0. The van der Waals surface area contributed by atoms with Gasteiger partial charge in [0, 0.05) is 31.7 Å². The average molecular weight is 254 g/mol. The zero-order valence-corrected chi connectivity index (χ0v) is 12.3. The summed E-state index contributed by atoms with van der Waals surface area (Å²) in [6.45, 7) is 17.0. The summed E-state index contributed by atoms with van der Waals surface area (Å²) in [5, 5.41) is 0. The van der Waals surface area contributed by atoms with Gasteiger partial charge in [0.2, 0.25) is 0 Å². The number of carbonyl (C=O) groups is 1. The lowest BCUT2D eigenvalue weighted by molar-refractivity contribution is 0.00709. The van der Waals surface area contributed by atoms with Crippen LogP contribution in [0.15, 0.2) is 12.7 Å². The van der Waals surface area contributed by atoms with E-state index < -0.39 is 5.60 Å². The SMILES string of the molecule is C=CC(C)(C)N1CCN(C(=O)OC(C)(C)C)CC1. The lowest BCUT2D eigenvalue weighted by atomic mass is 10.0. The second-order valence-corrected chi connectivity index (χ2v) is 6.31. The van der Waals surface area contributed by atoms with Crippen LogP contribution in [-0.2, 0) is 4.74 Å². The van der Waals surface area contributed by atoms with Gasteiger partial charge in [-0.25, -0.2) is 4.79 Å². The smallest absolute Gasteiger partial charge is 0.410 e. The van der Waals surface area contributed by atoms with Gasteiger partial charge in [-0.1, -0.05) is 6.08 Å². The zero-order chi connectivity index (χ0) is 14.0. The fraction of sp³-hybridized carbons (Fsp3) is 0.786. The third kappa shape index (κ3) is 4.02. The topological polar surface area (TPSA) is 32.8 Å². The van der Waals surface area contributed by atoms with Crippen LogP contribution in [0.25, 0.3) is 0 Å². The number of ether oxygens (including phenoxy) is 1. The first-order valence-electron chi connectivity index (χ1n) is 6.52. The van der Waals surface area contributed by atoms with E-state index in [1.54, 1.807) is 4.90 Å². The van der Waals surface area contributed by atoms with Crippen LogP contribution in [0.5, 0.6) is 0 Å². The standard InChI is InChI=1S/C14H26N2O2/c1-7-14(5,6)16-10-8-15(9-11-16)12(17)18-13(2,3)4/h7H,1,8-11H2,2-6H3. The molecule has 0 saturated carbocycles. The molecule has 0 spiro atoms. The first kappa shape index (κ1) is 15.0. The molecule has 1 amide bonds. The van der Waals surface area contributed by atoms with E-state index in [0.29, 0.717) is 13.1 Å². The van der Waals surface area contributed by atoms with E-state index in [0.717, 1.165) is 13.1 Å². The highest BCUT2D eigenvalue weighted by atomic mass is 16.6. The highest BCUT2D eigenvalue weighted by Crippen LogP contribution is 2.19. The molecule has 0 aromatic carbocycles. The van der Waals surface area contributed by atoms with Gasteiger partial charge in [0.25, 0.3) is 0 Å². The van der Waals surface area contributed by atoms with Crippen LogP contribution in [0.1, 0.15) is 34.6 Å². The highest BCUT2D eigenvalue weighted by Gasteiger charge is 2.30. The summed E-state index contributed by atoms with van der Waals surface area (Å²) in [7, 11) is 0. The molecule has 1 aliphatic heterocycles. The van der Waals surface area contributed by atoms with Crippen LogP contribution < -0.4 is 0 Å². The van der Waals surface area contributed by atoms with Crippen molar-refractivity contribution in [2.75, 3.05) is 26.2 Å². The average Bonchev–Trinajstić information content (AvgIpc) is 2.27. The van der Waals surface area contributed by atoms with E-state index in [9.17, 15) is 4.79 Å². The summed E-state index contributed by atoms with van der Waals surface area (Å²) < 4.78 is 5.37. The Morgan fingerprint density at radius 1 is 1.11 bits per heavy atom. The van der Waals surface area contributed by atoms with Crippen LogP contribution >= 0.6 is 0 Å². The Balaban J connectivity index is 2.49. The second kappa shape index (κ2) is 5.31. The number of hydrogen-bond donors (Lipinski definition) is 0. The van der Waals surface area contributed by atoms with E-state index >= 15 is 0 Å². The highest BCUT2D eigenvalue weighted by molar-refractivity contribution is 5.68. The van der Waals surface area contributed by atoms with E-state index in [1.165, 1.54) is 0 Å². The fourth-order valence-corrected chi connectivity index (χ4v) is 1.92. The van der Waals surface area contributed by atoms with Crippen molar-refractivity contribution >= 4 is 6.09 Å². The molecule has 0 aliphatic carbocycles. The van der Waals surface area contributed by atoms with Crippen molar-refractivity contribution in [3.8, 4) is 0 Å². The maximum absolute atomic E-state index is 11.9. The minimum Gasteiger partial charge on any atom is -0.444 e. The van der Waals surface area contributed by atoms with Gasteiger partial charge in [0.05, 0.1) is 0 Å². The second-order valence-electron chi connectivity index (χ2n) is 6.31. The van der Waals surface area contributed by atoms with Crippen molar-refractivity contribution in [2.24, 2.45) is 0 Å². The molecule has 1 aliphatic rings. The fourth-order valence-electron chi connectivity index (χ4n) is 1.92. The molecule has 18 heavy (non-hydrogen) atoms. The molecule has 4 nitrogen and oxygen atoms in total. The molecular weight excluding hydrogens is 228 g/mol. The van der Waals surface area contributed by atoms with E-state index in [2.05, 4.69) is 25.3 Å². The minimum atomic E-state index is -0.422. The van der Waals surface area contributed by atoms with Gasteiger partial charge < -0.3 is 9.64 Å². The van der Waals surface area contributed by atoms with Gasteiger partial charge >= 0.3 is 6.09 Å². The molecule has 0 bridgehead atoms. The van der Waals surface area contributed by atoms with E-state index in [4.69, 9.17) is 4.74 Å². The Bertz CT molecular complexity index is 310. The third-order valence-electron chi connectivity index (χ3n) is 3.25. The summed E-state index contributed by atoms with van der Waals surface area (Å²) >= 11 is 0. The molecule has 1 saturated heterocycles. The van der Waals surface area contributed by atoms with Crippen molar-refractivity contribution < 1.29 is 9.53 Å². The molecule has 0 aromatic heterocycles. The molecular formula is C14H26N2O2. The van der Waals surface area contributed by atoms with Crippen LogP contribution in [0, 0.1) is 0 Å². The molecule has 0 unspecified atom stereocenters. The molecule has 0 aromatic rings. The maximum Gasteiger partial charge on any atom is 0.410 e. The van der Waals surface area contributed by atoms with Crippen LogP contribution in [0.2, 0.25) is 0 Å². The number of rotatable bonds is 2. The van der Waals surface area contributed by atoms with Crippen molar-refractivity contribution in [3.63, 3.8) is 0 Å². The largest absolute Gasteiger partial charge is 0.444 e. The molecule has 104 valence electrons. The monoisotopic (exact) mass is 254 g/mol. The lowest BCUT2D eigenvalue weighted by Crippen LogP contribution is -2.55. The van der Waals surface area contributed by atoms with Gasteiger partial charge in [-0.2, -0.15) is 0 Å². The van der Waals surface area contributed by atoms with E-state index in [-0.39, 0.29) is 11.6 Å². The van der Waals surface area contributed by atoms with Crippen molar-refractivity contribution in [1.82, 2.24) is 9.80 Å². The number of hydrogen-bond acceptors (Lipinski definition) is 3. The Morgan fingerprint density at radius 3 is 2.00 bits per heavy atom. The Kier molecular flexibility index (Phi) is 4.43. The summed E-state index contributed by atoms with van der Waals surface area (Å²) in [6.07, 6.45) is 1.74. The maximum atomic E-state index is 11.9. The summed E-state index contributed by atoms with van der Waals surface area (Å²) in [6, 6.07) is 0.